The van der Waals surface area contributed by atoms with Crippen molar-refractivity contribution >= 4 is 23.2 Å². The smallest absolute Gasteiger partial charge is 0.325 e. The minimum atomic E-state index is -0.478. The second-order valence-corrected chi connectivity index (χ2v) is 6.54. The van der Waals surface area contributed by atoms with Crippen LogP contribution in [0.1, 0.15) is 21.6 Å². The molecule has 7 heteroatoms. The van der Waals surface area contributed by atoms with Gasteiger partial charge in [-0.05, 0) is 30.2 Å². The number of rotatable bonds is 6. The molecule has 2 aromatic heterocycles. The summed E-state index contributed by atoms with van der Waals surface area (Å²) in [6.45, 7) is 2.12. The van der Waals surface area contributed by atoms with Crippen molar-refractivity contribution in [2.45, 2.75) is 13.5 Å². The SMILES string of the molecule is COC(=O)CN(Cc1ccccc1C)C(=O)c1csc(-c2ccco2)n1. The van der Waals surface area contributed by atoms with E-state index in [9.17, 15) is 9.59 Å². The number of aryl methyl sites for hydroxylation is 1. The summed E-state index contributed by atoms with van der Waals surface area (Å²) in [6, 6.07) is 11.3. The van der Waals surface area contributed by atoms with Crippen LogP contribution in [-0.4, -0.2) is 35.4 Å². The first-order chi connectivity index (χ1) is 12.6. The Balaban J connectivity index is 1.85. The molecular weight excluding hydrogens is 352 g/mol. The number of hydrogen-bond acceptors (Lipinski definition) is 6. The maximum atomic E-state index is 12.9. The third-order valence-corrected chi connectivity index (χ3v) is 4.77. The summed E-state index contributed by atoms with van der Waals surface area (Å²) in [5, 5.41) is 2.29. The van der Waals surface area contributed by atoms with Gasteiger partial charge in [0.15, 0.2) is 10.8 Å². The predicted octanol–water partition coefficient (Wildman–Crippen LogP) is 3.53. The topological polar surface area (TPSA) is 72.6 Å². The number of amides is 1. The Kier molecular flexibility index (Phi) is 5.48. The Bertz CT molecular complexity index is 902. The van der Waals surface area contributed by atoms with Gasteiger partial charge in [-0.3, -0.25) is 9.59 Å². The minimum Gasteiger partial charge on any atom is -0.468 e. The number of carbonyl (C=O) groups excluding carboxylic acids is 2. The molecule has 2 heterocycles. The van der Waals surface area contributed by atoms with E-state index in [-0.39, 0.29) is 18.1 Å². The van der Waals surface area contributed by atoms with Gasteiger partial charge in [0.1, 0.15) is 12.2 Å². The zero-order chi connectivity index (χ0) is 18.5. The van der Waals surface area contributed by atoms with Gasteiger partial charge in [-0.25, -0.2) is 4.98 Å². The second-order valence-electron chi connectivity index (χ2n) is 5.68. The van der Waals surface area contributed by atoms with Crippen molar-refractivity contribution in [1.82, 2.24) is 9.88 Å². The van der Waals surface area contributed by atoms with E-state index in [2.05, 4.69) is 4.98 Å². The summed E-state index contributed by atoms with van der Waals surface area (Å²) in [6.07, 6.45) is 1.56. The number of thiazole rings is 1. The number of esters is 1. The Morgan fingerprint density at radius 1 is 1.23 bits per heavy atom. The van der Waals surface area contributed by atoms with Gasteiger partial charge in [0.2, 0.25) is 0 Å². The molecule has 26 heavy (non-hydrogen) atoms. The van der Waals surface area contributed by atoms with Crippen molar-refractivity contribution in [2.75, 3.05) is 13.7 Å². The molecule has 0 saturated carbocycles. The van der Waals surface area contributed by atoms with E-state index in [4.69, 9.17) is 9.15 Å². The maximum absolute atomic E-state index is 12.9. The number of benzene rings is 1. The van der Waals surface area contributed by atoms with Crippen LogP contribution < -0.4 is 0 Å². The summed E-state index contributed by atoms with van der Waals surface area (Å²) >= 11 is 1.32. The molecule has 1 aromatic carbocycles. The van der Waals surface area contributed by atoms with E-state index in [0.717, 1.165) is 11.1 Å². The van der Waals surface area contributed by atoms with Crippen molar-refractivity contribution in [2.24, 2.45) is 0 Å². The van der Waals surface area contributed by atoms with Crippen LogP contribution in [0.25, 0.3) is 10.8 Å². The molecule has 3 aromatic rings. The van der Waals surface area contributed by atoms with Crippen LogP contribution in [0.4, 0.5) is 0 Å². The van der Waals surface area contributed by atoms with Gasteiger partial charge in [-0.1, -0.05) is 24.3 Å². The number of furan rings is 1. The number of carbonyl (C=O) groups is 2. The predicted molar refractivity (Wildman–Crippen MR) is 97.8 cm³/mol. The van der Waals surface area contributed by atoms with Crippen LogP contribution in [0, 0.1) is 6.92 Å². The summed E-state index contributed by atoms with van der Waals surface area (Å²) < 4.78 is 10.0. The van der Waals surface area contributed by atoms with Crippen molar-refractivity contribution in [3.63, 3.8) is 0 Å². The summed E-state index contributed by atoms with van der Waals surface area (Å²) in [5.41, 5.74) is 2.29. The molecule has 6 nitrogen and oxygen atoms in total. The summed E-state index contributed by atoms with van der Waals surface area (Å²) in [4.78, 5) is 30.5. The highest BCUT2D eigenvalue weighted by molar-refractivity contribution is 7.13. The molecule has 0 aliphatic rings. The molecule has 134 valence electrons. The molecule has 0 N–H and O–H groups in total. The fourth-order valence-electron chi connectivity index (χ4n) is 2.46. The summed E-state index contributed by atoms with van der Waals surface area (Å²) in [7, 11) is 1.30. The highest BCUT2D eigenvalue weighted by Crippen LogP contribution is 2.25. The maximum Gasteiger partial charge on any atom is 0.325 e. The molecule has 0 spiro atoms. The van der Waals surface area contributed by atoms with E-state index in [1.807, 2.05) is 31.2 Å². The van der Waals surface area contributed by atoms with Crippen LogP contribution in [0.3, 0.4) is 0 Å². The Morgan fingerprint density at radius 2 is 2.04 bits per heavy atom. The van der Waals surface area contributed by atoms with E-state index < -0.39 is 5.97 Å². The van der Waals surface area contributed by atoms with Crippen LogP contribution >= 0.6 is 11.3 Å². The van der Waals surface area contributed by atoms with Gasteiger partial charge in [0.25, 0.3) is 5.91 Å². The Morgan fingerprint density at radius 3 is 2.73 bits per heavy atom. The highest BCUT2D eigenvalue weighted by Gasteiger charge is 2.23. The van der Waals surface area contributed by atoms with Crippen molar-refractivity contribution in [3.05, 3.63) is 64.9 Å². The molecule has 0 aliphatic heterocycles. The first-order valence-electron chi connectivity index (χ1n) is 7.98. The third-order valence-electron chi connectivity index (χ3n) is 3.91. The van der Waals surface area contributed by atoms with Crippen molar-refractivity contribution in [3.8, 4) is 10.8 Å². The van der Waals surface area contributed by atoms with Gasteiger partial charge >= 0.3 is 5.97 Å². The largest absolute Gasteiger partial charge is 0.468 e. The lowest BCUT2D eigenvalue weighted by molar-refractivity contribution is -0.141. The lowest BCUT2D eigenvalue weighted by atomic mass is 10.1. The molecular formula is C19H18N2O4S. The van der Waals surface area contributed by atoms with Crippen LogP contribution in [0.5, 0.6) is 0 Å². The highest BCUT2D eigenvalue weighted by atomic mass is 32.1. The summed E-state index contributed by atoms with van der Waals surface area (Å²) in [5.74, 6) is -0.200. The van der Waals surface area contributed by atoms with E-state index in [1.165, 1.54) is 23.3 Å². The fraction of sp³-hybridized carbons (Fsp3) is 0.211. The molecule has 0 atom stereocenters. The monoisotopic (exact) mass is 370 g/mol. The van der Waals surface area contributed by atoms with Crippen molar-refractivity contribution < 1.29 is 18.7 Å². The number of hydrogen-bond donors (Lipinski definition) is 0. The third kappa shape index (κ3) is 4.00. The van der Waals surface area contributed by atoms with E-state index in [0.29, 0.717) is 17.3 Å². The van der Waals surface area contributed by atoms with Gasteiger partial charge in [0, 0.05) is 11.9 Å². The number of ether oxygens (including phenoxy) is 1. The van der Waals surface area contributed by atoms with Crippen molar-refractivity contribution in [1.29, 1.82) is 0 Å². The van der Waals surface area contributed by atoms with Gasteiger partial charge in [0.05, 0.1) is 13.4 Å². The lowest BCUT2D eigenvalue weighted by Gasteiger charge is -2.21. The normalized spacial score (nSPS) is 10.5. The molecule has 3 rings (SSSR count). The Hall–Kier alpha value is -2.93. The molecule has 0 aliphatic carbocycles. The molecule has 1 amide bonds. The zero-order valence-electron chi connectivity index (χ0n) is 14.5. The second kappa shape index (κ2) is 7.97. The van der Waals surface area contributed by atoms with Gasteiger partial charge in [-0.15, -0.1) is 11.3 Å². The first kappa shape index (κ1) is 17.9. The van der Waals surface area contributed by atoms with Gasteiger partial charge in [-0.2, -0.15) is 0 Å². The molecule has 0 saturated heterocycles. The van der Waals surface area contributed by atoms with E-state index >= 15 is 0 Å². The molecule has 0 radical (unpaired) electrons. The van der Waals surface area contributed by atoms with Crippen LogP contribution in [0.2, 0.25) is 0 Å². The molecule has 0 fully saturated rings. The molecule has 0 bridgehead atoms. The number of methoxy groups -OCH3 is 1. The standard InChI is InChI=1S/C19H18N2O4S/c1-13-6-3-4-7-14(13)10-21(11-17(22)24-2)19(23)15-12-26-18(20-15)16-8-5-9-25-16/h3-9,12H,10-11H2,1-2H3. The minimum absolute atomic E-state index is 0.142. The quantitative estimate of drug-likeness (QED) is 0.621. The van der Waals surface area contributed by atoms with Gasteiger partial charge < -0.3 is 14.1 Å². The number of nitrogens with zero attached hydrogens (tertiary/aromatic N) is 2. The first-order valence-corrected chi connectivity index (χ1v) is 8.86. The lowest BCUT2D eigenvalue weighted by Crippen LogP contribution is -2.36. The number of aromatic nitrogens is 1. The molecule has 0 unspecified atom stereocenters. The zero-order valence-corrected chi connectivity index (χ0v) is 15.3. The fourth-order valence-corrected chi connectivity index (χ4v) is 3.22. The van der Waals surface area contributed by atoms with Crippen LogP contribution in [0.15, 0.2) is 52.5 Å². The average molecular weight is 370 g/mol. The van der Waals surface area contributed by atoms with E-state index in [1.54, 1.807) is 23.8 Å². The average Bonchev–Trinajstić information content (AvgIpc) is 3.33. The Labute approximate surface area is 155 Å². The van der Waals surface area contributed by atoms with Crippen LogP contribution in [-0.2, 0) is 16.1 Å².